The first-order chi connectivity index (χ1) is 6.95. The van der Waals surface area contributed by atoms with Gasteiger partial charge in [0.25, 0.3) is 0 Å². The van der Waals surface area contributed by atoms with Crippen LogP contribution in [0.2, 0.25) is 0 Å². The minimum Gasteiger partial charge on any atom is -0.496 e. The fourth-order valence-corrected chi connectivity index (χ4v) is 1.12. The molecule has 1 nitrogen and oxygen atoms in total. The Morgan fingerprint density at radius 1 is 1.25 bits per heavy atom. The Bertz CT molecular complexity index is 343. The molecule has 0 N–H and O–H groups in total. The summed E-state index contributed by atoms with van der Waals surface area (Å²) in [6.45, 7) is -3.26. The molecule has 0 aliphatic heterocycles. The summed E-state index contributed by atoms with van der Waals surface area (Å²) < 4.78 is 55.0. The first kappa shape index (κ1) is 16.4. The molecule has 0 aliphatic rings. The van der Waals surface area contributed by atoms with Crippen LogP contribution in [0.4, 0.5) is 17.3 Å². The van der Waals surface area contributed by atoms with Crippen molar-refractivity contribution in [3.63, 3.8) is 0 Å². The molecule has 0 spiro atoms. The van der Waals surface area contributed by atoms with E-state index in [1.165, 1.54) is 0 Å². The third-order valence-corrected chi connectivity index (χ3v) is 1.79. The Kier molecular flexibility index (Phi) is 7.20. The van der Waals surface area contributed by atoms with E-state index < -0.39 is 24.0 Å². The van der Waals surface area contributed by atoms with Crippen molar-refractivity contribution < 1.29 is 73.5 Å². The van der Waals surface area contributed by atoms with Crippen LogP contribution in [0.1, 0.15) is 13.3 Å². The first-order valence-corrected chi connectivity index (χ1v) is 4.57. The van der Waals surface area contributed by atoms with E-state index in [4.69, 9.17) is 4.74 Å². The third-order valence-electron chi connectivity index (χ3n) is 1.79. The predicted molar refractivity (Wildman–Crippen MR) is 50.9 cm³/mol. The monoisotopic (exact) mass is 260 g/mol. The van der Waals surface area contributed by atoms with Gasteiger partial charge in [0.1, 0.15) is 5.82 Å². The first-order valence-electron chi connectivity index (χ1n) is 4.57. The summed E-state index contributed by atoms with van der Waals surface area (Å²) in [4.78, 5) is 0. The molecule has 0 bridgehead atoms. The number of hydrogen-bond acceptors (Lipinski definition) is 1. The maximum absolute atomic E-state index is 12.7. The van der Waals surface area contributed by atoms with Crippen molar-refractivity contribution >= 4 is 12.4 Å². The SMILES string of the molecule is CCCOc1cc(F)ccc1[B-](F)(F)F.[K+]. The molecule has 0 radical (unpaired) electrons. The zero-order valence-corrected chi connectivity index (χ0v) is 12.3. The molecule has 7 heteroatoms. The van der Waals surface area contributed by atoms with Crippen LogP contribution in [0.3, 0.4) is 0 Å². The van der Waals surface area contributed by atoms with Crippen molar-refractivity contribution in [2.45, 2.75) is 13.3 Å². The molecular formula is C9H10BF4KO. The van der Waals surface area contributed by atoms with Crippen molar-refractivity contribution in [1.29, 1.82) is 0 Å². The van der Waals surface area contributed by atoms with Gasteiger partial charge in [0.2, 0.25) is 0 Å². The second-order valence-electron chi connectivity index (χ2n) is 3.11. The predicted octanol–water partition coefficient (Wildman–Crippen LogP) is -0.327. The normalized spacial score (nSPS) is 10.8. The van der Waals surface area contributed by atoms with E-state index in [9.17, 15) is 17.3 Å². The molecule has 0 aliphatic carbocycles. The van der Waals surface area contributed by atoms with Gasteiger partial charge in [-0.1, -0.05) is 18.5 Å². The molecule has 1 aromatic carbocycles. The van der Waals surface area contributed by atoms with Crippen LogP contribution in [0.5, 0.6) is 5.75 Å². The molecule has 0 atom stereocenters. The van der Waals surface area contributed by atoms with Crippen LogP contribution >= 0.6 is 0 Å². The molecule has 16 heavy (non-hydrogen) atoms. The molecule has 84 valence electrons. The van der Waals surface area contributed by atoms with E-state index in [-0.39, 0.29) is 58.0 Å². The van der Waals surface area contributed by atoms with E-state index in [2.05, 4.69) is 0 Å². The molecule has 0 aromatic heterocycles. The third kappa shape index (κ3) is 4.75. The van der Waals surface area contributed by atoms with Gasteiger partial charge in [0, 0.05) is 6.07 Å². The van der Waals surface area contributed by atoms with Gasteiger partial charge in [-0.25, -0.2) is 4.39 Å². The van der Waals surface area contributed by atoms with Crippen LogP contribution in [-0.2, 0) is 0 Å². The van der Waals surface area contributed by atoms with Gasteiger partial charge in [-0.05, 0) is 12.5 Å². The van der Waals surface area contributed by atoms with E-state index in [1.807, 2.05) is 0 Å². The van der Waals surface area contributed by atoms with Crippen molar-refractivity contribution in [3.8, 4) is 5.75 Å². The Balaban J connectivity index is 0.00000225. The Morgan fingerprint density at radius 3 is 2.38 bits per heavy atom. The van der Waals surface area contributed by atoms with Crippen LogP contribution < -0.4 is 61.6 Å². The molecule has 0 heterocycles. The fourth-order valence-electron chi connectivity index (χ4n) is 1.12. The quantitative estimate of drug-likeness (QED) is 0.532. The van der Waals surface area contributed by atoms with Crippen LogP contribution in [0.15, 0.2) is 18.2 Å². The number of hydrogen-bond donors (Lipinski definition) is 0. The van der Waals surface area contributed by atoms with Gasteiger partial charge >= 0.3 is 58.4 Å². The topological polar surface area (TPSA) is 9.23 Å². The Hall–Kier alpha value is 0.441. The second-order valence-corrected chi connectivity index (χ2v) is 3.11. The molecule has 0 fully saturated rings. The van der Waals surface area contributed by atoms with Crippen LogP contribution in [0, 0.1) is 5.82 Å². The van der Waals surface area contributed by atoms with E-state index >= 15 is 0 Å². The maximum Gasteiger partial charge on any atom is 1.00 e. The van der Waals surface area contributed by atoms with Crippen LogP contribution in [-0.4, -0.2) is 13.6 Å². The van der Waals surface area contributed by atoms with Gasteiger partial charge in [-0.2, -0.15) is 0 Å². The summed E-state index contributed by atoms with van der Waals surface area (Å²) in [5.41, 5.74) is -0.884. The van der Waals surface area contributed by atoms with Crippen molar-refractivity contribution in [2.75, 3.05) is 6.61 Å². The van der Waals surface area contributed by atoms with Crippen molar-refractivity contribution in [2.24, 2.45) is 0 Å². The zero-order chi connectivity index (χ0) is 11.5. The Morgan fingerprint density at radius 2 is 1.88 bits per heavy atom. The minimum absolute atomic E-state index is 0. The zero-order valence-electron chi connectivity index (χ0n) is 9.14. The molecule has 1 rings (SSSR count). The second kappa shape index (κ2) is 7.00. The molecule has 1 aromatic rings. The largest absolute Gasteiger partial charge is 1.00 e. The molecule has 0 unspecified atom stereocenters. The van der Waals surface area contributed by atoms with Gasteiger partial charge in [0.15, 0.2) is 0 Å². The summed E-state index contributed by atoms with van der Waals surface area (Å²) in [6, 6.07) is 2.25. The molecule has 0 saturated carbocycles. The summed E-state index contributed by atoms with van der Waals surface area (Å²) in [7, 11) is 0. The molecular weight excluding hydrogens is 250 g/mol. The fraction of sp³-hybridized carbons (Fsp3) is 0.333. The number of benzene rings is 1. The summed E-state index contributed by atoms with van der Waals surface area (Å²) in [5.74, 6) is -1.16. The van der Waals surface area contributed by atoms with Gasteiger partial charge < -0.3 is 17.7 Å². The molecule has 0 amide bonds. The minimum atomic E-state index is -5.16. The number of ether oxygens (including phenoxy) is 1. The van der Waals surface area contributed by atoms with Crippen LogP contribution in [0.25, 0.3) is 0 Å². The smallest absolute Gasteiger partial charge is 0.496 e. The summed E-state index contributed by atoms with van der Waals surface area (Å²) in [5, 5.41) is 0. The van der Waals surface area contributed by atoms with E-state index in [0.29, 0.717) is 12.5 Å². The van der Waals surface area contributed by atoms with E-state index in [0.717, 1.165) is 12.1 Å². The number of rotatable bonds is 4. The van der Waals surface area contributed by atoms with Crippen molar-refractivity contribution in [3.05, 3.63) is 24.0 Å². The average molecular weight is 260 g/mol. The summed E-state index contributed by atoms with van der Waals surface area (Å²) in [6.07, 6.45) is 0.570. The van der Waals surface area contributed by atoms with Gasteiger partial charge in [0.05, 0.1) is 12.4 Å². The van der Waals surface area contributed by atoms with Gasteiger partial charge in [-0.15, -0.1) is 0 Å². The number of halogens is 4. The summed E-state index contributed by atoms with van der Waals surface area (Å²) >= 11 is 0. The average Bonchev–Trinajstić information content (AvgIpc) is 2.12. The van der Waals surface area contributed by atoms with E-state index in [1.54, 1.807) is 6.92 Å². The molecule has 0 saturated heterocycles. The van der Waals surface area contributed by atoms with Crippen molar-refractivity contribution in [1.82, 2.24) is 0 Å². The van der Waals surface area contributed by atoms with Gasteiger partial charge in [-0.3, -0.25) is 0 Å². The Labute approximate surface area is 134 Å². The maximum atomic E-state index is 12.7. The standard InChI is InChI=1S/C9H10BF4O.K/c1-2-5-15-9-6-7(11)3-4-8(9)10(12,13)14;/h3-4,6H,2,5H2,1H3;/q-1;+1.